The van der Waals surface area contributed by atoms with Crippen LogP contribution in [0.2, 0.25) is 0 Å². The first kappa shape index (κ1) is 12.1. The third kappa shape index (κ3) is 1.79. The van der Waals surface area contributed by atoms with Gasteiger partial charge in [-0.1, -0.05) is 30.3 Å². The molecule has 4 rings (SSSR count). The molecule has 20 heavy (non-hydrogen) atoms. The minimum Gasteiger partial charge on any atom is -0.387 e. The van der Waals surface area contributed by atoms with Crippen molar-refractivity contribution in [2.45, 2.75) is 25.4 Å². The Kier molecular flexibility index (Phi) is 2.69. The van der Waals surface area contributed by atoms with E-state index < -0.39 is 6.10 Å². The number of nitrogens with zero attached hydrogens (tertiary/aromatic N) is 2. The Labute approximate surface area is 121 Å². The van der Waals surface area contributed by atoms with Crippen molar-refractivity contribution in [2.75, 3.05) is 0 Å². The highest BCUT2D eigenvalue weighted by Gasteiger charge is 2.45. The summed E-state index contributed by atoms with van der Waals surface area (Å²) in [6, 6.07) is 10.5. The zero-order chi connectivity index (χ0) is 13.7. The number of hydrogen-bond acceptors (Lipinski definition) is 3. The maximum atomic E-state index is 10.7. The molecule has 1 aliphatic rings. The number of aliphatic hydroxyl groups excluding tert-OH is 1. The Morgan fingerprint density at radius 3 is 2.95 bits per heavy atom. The van der Waals surface area contributed by atoms with Crippen LogP contribution >= 0.6 is 11.3 Å². The predicted octanol–water partition coefficient (Wildman–Crippen LogP) is 3.54. The second kappa shape index (κ2) is 4.43. The molecule has 1 saturated carbocycles. The molecule has 1 aromatic carbocycles. The highest BCUT2D eigenvalue weighted by Crippen LogP contribution is 2.54. The van der Waals surface area contributed by atoms with Gasteiger partial charge in [-0.05, 0) is 30.7 Å². The largest absolute Gasteiger partial charge is 0.387 e. The van der Waals surface area contributed by atoms with Gasteiger partial charge in [-0.2, -0.15) is 0 Å². The molecule has 1 aliphatic carbocycles. The van der Waals surface area contributed by atoms with Gasteiger partial charge in [0.2, 0.25) is 0 Å². The minimum absolute atomic E-state index is 0.330. The van der Waals surface area contributed by atoms with E-state index in [0.29, 0.717) is 11.8 Å². The lowest BCUT2D eigenvalue weighted by Crippen LogP contribution is -2.06. The van der Waals surface area contributed by atoms with Gasteiger partial charge >= 0.3 is 0 Å². The molecule has 3 atom stereocenters. The molecular formula is C16H16N2OS. The number of fused-ring (bicyclic) bond motifs is 1. The van der Waals surface area contributed by atoms with Gasteiger partial charge in [0.15, 0.2) is 0 Å². The molecule has 1 N–H and O–H groups in total. The van der Waals surface area contributed by atoms with Crippen molar-refractivity contribution in [3.8, 4) is 0 Å². The number of benzene rings is 1. The Bertz CT molecular complexity index is 746. The molecule has 2 aromatic heterocycles. The van der Waals surface area contributed by atoms with Gasteiger partial charge in [0.1, 0.15) is 11.2 Å². The van der Waals surface area contributed by atoms with Gasteiger partial charge < -0.3 is 5.11 Å². The number of thiazole rings is 1. The van der Waals surface area contributed by atoms with E-state index in [9.17, 15) is 5.11 Å². The molecule has 2 heterocycles. The van der Waals surface area contributed by atoms with Crippen molar-refractivity contribution in [3.05, 3.63) is 59.0 Å². The van der Waals surface area contributed by atoms with E-state index in [-0.39, 0.29) is 0 Å². The van der Waals surface area contributed by atoms with Crippen molar-refractivity contribution in [1.82, 2.24) is 9.38 Å². The van der Waals surface area contributed by atoms with Crippen LogP contribution in [0.15, 0.2) is 42.9 Å². The Balaban J connectivity index is 1.64. The summed E-state index contributed by atoms with van der Waals surface area (Å²) in [7, 11) is 0. The van der Waals surface area contributed by atoms with E-state index >= 15 is 0 Å². The fourth-order valence-electron chi connectivity index (χ4n) is 3.12. The van der Waals surface area contributed by atoms with Crippen LogP contribution in [-0.4, -0.2) is 14.5 Å². The van der Waals surface area contributed by atoms with Crippen molar-refractivity contribution in [1.29, 1.82) is 0 Å². The third-order valence-electron chi connectivity index (χ3n) is 4.24. The maximum Gasteiger partial charge on any atom is 0.120 e. The summed E-state index contributed by atoms with van der Waals surface area (Å²) in [6.45, 7) is 2.08. The van der Waals surface area contributed by atoms with Crippen LogP contribution in [0, 0.1) is 12.8 Å². The first-order valence-corrected chi connectivity index (χ1v) is 7.71. The molecule has 102 valence electrons. The van der Waals surface area contributed by atoms with Gasteiger partial charge in [0, 0.05) is 4.88 Å². The summed E-state index contributed by atoms with van der Waals surface area (Å²) in [5, 5.41) is 10.7. The van der Waals surface area contributed by atoms with Gasteiger partial charge in [-0.15, -0.1) is 11.3 Å². The highest BCUT2D eigenvalue weighted by atomic mass is 32.1. The number of aliphatic hydroxyl groups is 1. The van der Waals surface area contributed by atoms with Crippen molar-refractivity contribution in [3.63, 3.8) is 0 Å². The van der Waals surface area contributed by atoms with E-state index in [1.165, 1.54) is 10.4 Å². The Morgan fingerprint density at radius 2 is 2.15 bits per heavy atom. The molecule has 3 nitrogen and oxygen atoms in total. The van der Waals surface area contributed by atoms with Gasteiger partial charge in [-0.3, -0.25) is 4.40 Å². The normalized spacial score (nSPS) is 23.1. The maximum absolute atomic E-state index is 10.7. The van der Waals surface area contributed by atoms with E-state index in [4.69, 9.17) is 0 Å². The first-order chi connectivity index (χ1) is 9.75. The lowest BCUT2D eigenvalue weighted by Gasteiger charge is -2.11. The average molecular weight is 284 g/mol. The van der Waals surface area contributed by atoms with Crippen LogP contribution in [0.5, 0.6) is 0 Å². The van der Waals surface area contributed by atoms with Gasteiger partial charge in [-0.25, -0.2) is 4.98 Å². The van der Waals surface area contributed by atoms with E-state index in [1.54, 1.807) is 17.7 Å². The summed E-state index contributed by atoms with van der Waals surface area (Å²) < 4.78 is 2.03. The smallest absolute Gasteiger partial charge is 0.120 e. The number of hydrogen-bond donors (Lipinski definition) is 1. The number of rotatable bonds is 3. The lowest BCUT2D eigenvalue weighted by molar-refractivity contribution is 0.145. The number of imidazole rings is 1. The molecule has 0 bridgehead atoms. The van der Waals surface area contributed by atoms with E-state index in [0.717, 1.165) is 16.9 Å². The van der Waals surface area contributed by atoms with E-state index in [2.05, 4.69) is 36.2 Å². The van der Waals surface area contributed by atoms with Crippen LogP contribution in [0.25, 0.3) is 4.83 Å². The Hall–Kier alpha value is -1.65. The van der Waals surface area contributed by atoms with Crippen LogP contribution in [0.4, 0.5) is 0 Å². The summed E-state index contributed by atoms with van der Waals surface area (Å²) >= 11 is 1.70. The number of aromatic nitrogens is 2. The third-order valence-corrected chi connectivity index (χ3v) is 5.26. The van der Waals surface area contributed by atoms with Crippen molar-refractivity contribution in [2.24, 2.45) is 5.92 Å². The summed E-state index contributed by atoms with van der Waals surface area (Å²) in [6.07, 6.45) is 4.33. The SMILES string of the molecule is Cc1sc2cncn2c1[C@@H](O)[C@H]1C[C@@H]1c1ccccc1. The van der Waals surface area contributed by atoms with Crippen LogP contribution in [-0.2, 0) is 0 Å². The highest BCUT2D eigenvalue weighted by molar-refractivity contribution is 7.17. The summed E-state index contributed by atoms with van der Waals surface area (Å²) in [5.74, 6) is 0.820. The topological polar surface area (TPSA) is 37.5 Å². The summed E-state index contributed by atoms with van der Waals surface area (Å²) in [5.41, 5.74) is 2.36. The minimum atomic E-state index is -0.400. The van der Waals surface area contributed by atoms with E-state index in [1.807, 2.05) is 16.7 Å². The molecular weight excluding hydrogens is 268 g/mol. The van der Waals surface area contributed by atoms with Crippen LogP contribution in [0.1, 0.15) is 34.6 Å². The quantitative estimate of drug-likeness (QED) is 0.798. The monoisotopic (exact) mass is 284 g/mol. The molecule has 0 unspecified atom stereocenters. The standard InChI is InChI=1S/C16H16N2OS/c1-10-15(18-9-17-8-14(18)20-10)16(19)13-7-12(13)11-5-3-2-4-6-11/h2-6,8-9,12-13,16,19H,7H2,1H3/t12-,13+,16+/m1/s1. The van der Waals surface area contributed by atoms with Gasteiger partial charge in [0.05, 0.1) is 18.0 Å². The molecule has 0 radical (unpaired) electrons. The molecule has 1 fully saturated rings. The predicted molar refractivity (Wildman–Crippen MR) is 80.1 cm³/mol. The second-order valence-corrected chi connectivity index (χ2v) is 6.74. The van der Waals surface area contributed by atoms with Crippen molar-refractivity contribution >= 4 is 16.2 Å². The molecule has 0 aliphatic heterocycles. The Morgan fingerprint density at radius 1 is 1.35 bits per heavy atom. The fourth-order valence-corrected chi connectivity index (χ4v) is 4.11. The molecule has 0 amide bonds. The van der Waals surface area contributed by atoms with Crippen LogP contribution in [0.3, 0.4) is 0 Å². The number of aryl methyl sites for hydroxylation is 1. The van der Waals surface area contributed by atoms with Crippen molar-refractivity contribution < 1.29 is 5.11 Å². The molecule has 0 saturated heterocycles. The molecule has 0 spiro atoms. The molecule has 3 aromatic rings. The zero-order valence-electron chi connectivity index (χ0n) is 11.2. The summed E-state index contributed by atoms with van der Waals surface area (Å²) in [4.78, 5) is 6.46. The fraction of sp³-hybridized carbons (Fsp3) is 0.312. The van der Waals surface area contributed by atoms with Crippen LogP contribution < -0.4 is 0 Å². The second-order valence-electron chi connectivity index (χ2n) is 5.51. The first-order valence-electron chi connectivity index (χ1n) is 6.90. The zero-order valence-corrected chi connectivity index (χ0v) is 12.0. The lowest BCUT2D eigenvalue weighted by atomic mass is 10.0. The van der Waals surface area contributed by atoms with Gasteiger partial charge in [0.25, 0.3) is 0 Å². The molecule has 4 heteroatoms. The average Bonchev–Trinajstić information content (AvgIpc) is 3.05.